The lowest BCUT2D eigenvalue weighted by molar-refractivity contribution is -0.122. The number of rotatable bonds is 5. The zero-order chi connectivity index (χ0) is 19.4. The molecule has 7 nitrogen and oxygen atoms in total. The number of barbiturate groups is 1. The van der Waals surface area contributed by atoms with Crippen molar-refractivity contribution in [3.05, 3.63) is 59.7 Å². The van der Waals surface area contributed by atoms with Crippen LogP contribution in [0, 0.1) is 0 Å². The van der Waals surface area contributed by atoms with Crippen LogP contribution in [0.1, 0.15) is 12.5 Å². The lowest BCUT2D eigenvalue weighted by Gasteiger charge is -2.26. The molecule has 3 rings (SSSR count). The lowest BCUT2D eigenvalue weighted by atomic mass is 10.1. The zero-order valence-electron chi connectivity index (χ0n) is 14.9. The van der Waals surface area contributed by atoms with Crippen molar-refractivity contribution in [3.8, 4) is 11.5 Å². The second-order valence-corrected chi connectivity index (χ2v) is 5.66. The van der Waals surface area contributed by atoms with E-state index in [0.717, 1.165) is 4.90 Å². The van der Waals surface area contributed by atoms with Gasteiger partial charge in [-0.1, -0.05) is 12.1 Å². The molecule has 0 saturated carbocycles. The molecule has 0 unspecified atom stereocenters. The predicted molar refractivity (Wildman–Crippen MR) is 99.6 cm³/mol. The fraction of sp³-hybridized carbons (Fsp3) is 0.150. The highest BCUT2D eigenvalue weighted by Gasteiger charge is 2.36. The summed E-state index contributed by atoms with van der Waals surface area (Å²) in [6.07, 6.45) is 1.44. The van der Waals surface area contributed by atoms with Crippen molar-refractivity contribution in [3.63, 3.8) is 0 Å². The van der Waals surface area contributed by atoms with E-state index in [9.17, 15) is 14.4 Å². The molecule has 1 heterocycles. The first-order valence-electron chi connectivity index (χ1n) is 8.32. The zero-order valence-corrected chi connectivity index (χ0v) is 14.9. The van der Waals surface area contributed by atoms with Crippen molar-refractivity contribution in [1.29, 1.82) is 0 Å². The Morgan fingerprint density at radius 3 is 2.19 bits per heavy atom. The molecule has 1 aliphatic rings. The van der Waals surface area contributed by atoms with Crippen LogP contribution < -0.4 is 19.7 Å². The highest BCUT2D eigenvalue weighted by atomic mass is 16.5. The van der Waals surface area contributed by atoms with E-state index in [-0.39, 0.29) is 5.57 Å². The molecule has 1 N–H and O–H groups in total. The van der Waals surface area contributed by atoms with Crippen LogP contribution in [0.25, 0.3) is 6.08 Å². The minimum atomic E-state index is -0.791. The lowest BCUT2D eigenvalue weighted by Crippen LogP contribution is -2.54. The Labute approximate surface area is 156 Å². The molecule has 2 aromatic rings. The Hall–Kier alpha value is -3.61. The fourth-order valence-electron chi connectivity index (χ4n) is 2.62. The molecular weight excluding hydrogens is 348 g/mol. The molecule has 27 heavy (non-hydrogen) atoms. The van der Waals surface area contributed by atoms with Gasteiger partial charge in [0.15, 0.2) is 0 Å². The molecule has 7 heteroatoms. The second kappa shape index (κ2) is 7.74. The van der Waals surface area contributed by atoms with Gasteiger partial charge in [0, 0.05) is 0 Å². The minimum absolute atomic E-state index is 0.131. The number of hydrogen-bond acceptors (Lipinski definition) is 5. The number of imide groups is 2. The van der Waals surface area contributed by atoms with E-state index >= 15 is 0 Å². The summed E-state index contributed by atoms with van der Waals surface area (Å²) in [5.41, 5.74) is 0.845. The first kappa shape index (κ1) is 18.2. The summed E-state index contributed by atoms with van der Waals surface area (Å²) in [7, 11) is 1.55. The molecule has 4 amide bonds. The molecule has 0 aromatic heterocycles. The average Bonchev–Trinajstić information content (AvgIpc) is 2.67. The van der Waals surface area contributed by atoms with Gasteiger partial charge < -0.3 is 9.47 Å². The third-order valence-electron chi connectivity index (χ3n) is 3.93. The maximum absolute atomic E-state index is 12.8. The summed E-state index contributed by atoms with van der Waals surface area (Å²) in [4.78, 5) is 38.1. The van der Waals surface area contributed by atoms with Gasteiger partial charge in [0.1, 0.15) is 17.1 Å². The summed E-state index contributed by atoms with van der Waals surface area (Å²) >= 11 is 0. The number of nitrogens with zero attached hydrogens (tertiary/aromatic N) is 1. The normalized spacial score (nSPS) is 15.7. The Bertz CT molecular complexity index is 901. The minimum Gasteiger partial charge on any atom is -0.497 e. The number of hydrogen-bond donors (Lipinski definition) is 1. The molecule has 1 fully saturated rings. The van der Waals surface area contributed by atoms with E-state index < -0.39 is 17.8 Å². The van der Waals surface area contributed by atoms with Gasteiger partial charge in [0.2, 0.25) is 0 Å². The second-order valence-electron chi connectivity index (χ2n) is 5.66. The fourth-order valence-corrected chi connectivity index (χ4v) is 2.62. The van der Waals surface area contributed by atoms with Crippen LogP contribution >= 0.6 is 0 Å². The molecule has 1 aliphatic heterocycles. The number of carbonyl (C=O) groups excluding carboxylic acids is 3. The summed E-state index contributed by atoms with van der Waals surface area (Å²) in [5.74, 6) is -0.148. The molecule has 0 aliphatic carbocycles. The van der Waals surface area contributed by atoms with Gasteiger partial charge in [-0.3, -0.25) is 14.9 Å². The molecule has 0 radical (unpaired) electrons. The third kappa shape index (κ3) is 3.82. The SMILES string of the molecule is CCOc1ccc(N2C(=O)NC(=O)/C(=C/c3ccc(OC)cc3)C2=O)cc1. The number of nitrogens with one attached hydrogen (secondary N) is 1. The average molecular weight is 366 g/mol. The van der Waals surface area contributed by atoms with Crippen molar-refractivity contribution >= 4 is 29.6 Å². The first-order chi connectivity index (χ1) is 13.0. The van der Waals surface area contributed by atoms with E-state index in [2.05, 4.69) is 5.32 Å². The highest BCUT2D eigenvalue weighted by molar-refractivity contribution is 6.39. The molecule has 0 atom stereocenters. The van der Waals surface area contributed by atoms with Crippen LogP contribution in [0.3, 0.4) is 0 Å². The van der Waals surface area contributed by atoms with Crippen LogP contribution in [-0.2, 0) is 9.59 Å². The molecule has 0 spiro atoms. The van der Waals surface area contributed by atoms with Gasteiger partial charge in [-0.25, -0.2) is 9.69 Å². The summed E-state index contributed by atoms with van der Waals surface area (Å²) in [6, 6.07) is 12.5. The Morgan fingerprint density at radius 2 is 1.59 bits per heavy atom. The molecular formula is C20H18N2O5. The van der Waals surface area contributed by atoms with E-state index in [1.54, 1.807) is 55.6 Å². The number of benzene rings is 2. The summed E-state index contributed by atoms with van der Waals surface area (Å²) in [5, 5.41) is 2.19. The van der Waals surface area contributed by atoms with Gasteiger partial charge in [0.25, 0.3) is 11.8 Å². The Balaban J connectivity index is 1.91. The van der Waals surface area contributed by atoms with Gasteiger partial charge in [-0.2, -0.15) is 0 Å². The van der Waals surface area contributed by atoms with Crippen molar-refractivity contribution in [2.45, 2.75) is 6.92 Å². The van der Waals surface area contributed by atoms with E-state index in [1.165, 1.54) is 6.08 Å². The Morgan fingerprint density at radius 1 is 0.963 bits per heavy atom. The van der Waals surface area contributed by atoms with Crippen LogP contribution in [0.5, 0.6) is 11.5 Å². The third-order valence-corrected chi connectivity index (χ3v) is 3.93. The van der Waals surface area contributed by atoms with Gasteiger partial charge in [-0.05, 0) is 55.0 Å². The molecule has 0 bridgehead atoms. The quantitative estimate of drug-likeness (QED) is 0.650. The maximum Gasteiger partial charge on any atom is 0.335 e. The number of urea groups is 1. The summed E-state index contributed by atoms with van der Waals surface area (Å²) < 4.78 is 10.4. The molecule has 1 saturated heterocycles. The standard InChI is InChI=1S/C20H18N2O5/c1-3-27-16-10-6-14(7-11-16)22-19(24)17(18(23)21-20(22)25)12-13-4-8-15(26-2)9-5-13/h4-12H,3H2,1-2H3,(H,21,23,25)/b17-12-. The maximum atomic E-state index is 12.8. The van der Waals surface area contributed by atoms with Gasteiger partial charge in [-0.15, -0.1) is 0 Å². The largest absolute Gasteiger partial charge is 0.497 e. The van der Waals surface area contributed by atoms with Gasteiger partial charge in [0.05, 0.1) is 19.4 Å². The monoisotopic (exact) mass is 366 g/mol. The Kier molecular flexibility index (Phi) is 5.21. The van der Waals surface area contributed by atoms with Gasteiger partial charge >= 0.3 is 6.03 Å². The summed E-state index contributed by atoms with van der Waals surface area (Å²) in [6.45, 7) is 2.36. The number of anilines is 1. The topological polar surface area (TPSA) is 84.9 Å². The van der Waals surface area contributed by atoms with Crippen LogP contribution in [-0.4, -0.2) is 31.6 Å². The molecule has 138 valence electrons. The van der Waals surface area contributed by atoms with Crippen LogP contribution in [0.15, 0.2) is 54.1 Å². The van der Waals surface area contributed by atoms with E-state index in [1.807, 2.05) is 6.92 Å². The van der Waals surface area contributed by atoms with E-state index in [0.29, 0.717) is 29.4 Å². The van der Waals surface area contributed by atoms with E-state index in [4.69, 9.17) is 9.47 Å². The van der Waals surface area contributed by atoms with Crippen molar-refractivity contribution < 1.29 is 23.9 Å². The number of methoxy groups -OCH3 is 1. The smallest absolute Gasteiger partial charge is 0.335 e. The van der Waals surface area contributed by atoms with Crippen LogP contribution in [0.4, 0.5) is 10.5 Å². The van der Waals surface area contributed by atoms with Crippen molar-refractivity contribution in [1.82, 2.24) is 5.32 Å². The number of ether oxygens (including phenoxy) is 2. The van der Waals surface area contributed by atoms with Crippen molar-refractivity contribution in [2.75, 3.05) is 18.6 Å². The highest BCUT2D eigenvalue weighted by Crippen LogP contribution is 2.24. The van der Waals surface area contributed by atoms with Crippen LogP contribution in [0.2, 0.25) is 0 Å². The van der Waals surface area contributed by atoms with Crippen molar-refractivity contribution in [2.24, 2.45) is 0 Å². The molecule has 2 aromatic carbocycles. The predicted octanol–water partition coefficient (Wildman–Crippen LogP) is 2.76. The number of carbonyl (C=O) groups is 3. The first-order valence-corrected chi connectivity index (χ1v) is 8.32. The number of amides is 4.